The second-order valence-electron chi connectivity index (χ2n) is 9.22. The third-order valence-electron chi connectivity index (χ3n) is 6.39. The van der Waals surface area contributed by atoms with E-state index in [2.05, 4.69) is 139 Å². The molecule has 0 aliphatic carbocycles. The van der Waals surface area contributed by atoms with Crippen molar-refractivity contribution in [3.63, 3.8) is 0 Å². The molecule has 1 aromatic heterocycles. The number of rotatable bonds is 5. The van der Waals surface area contributed by atoms with Crippen molar-refractivity contribution in [3.05, 3.63) is 132 Å². The van der Waals surface area contributed by atoms with E-state index >= 15 is 0 Å². The molecule has 0 radical (unpaired) electrons. The Morgan fingerprint density at radius 2 is 0.816 bits per heavy atom. The number of halogens is 1. The third-order valence-corrected chi connectivity index (χ3v) is 6.85. The Morgan fingerprint density at radius 3 is 1.29 bits per heavy atom. The van der Waals surface area contributed by atoms with Gasteiger partial charge in [-0.1, -0.05) is 131 Å². The lowest BCUT2D eigenvalue weighted by atomic mass is 9.94. The lowest BCUT2D eigenvalue weighted by Crippen LogP contribution is -2.05. The van der Waals surface area contributed by atoms with Crippen molar-refractivity contribution < 1.29 is 0 Å². The molecular formula is C33H23BBrN3. The van der Waals surface area contributed by atoms with Gasteiger partial charge in [-0.25, -0.2) is 15.0 Å². The van der Waals surface area contributed by atoms with Gasteiger partial charge in [0, 0.05) is 21.2 Å². The van der Waals surface area contributed by atoms with Crippen molar-refractivity contribution in [3.8, 4) is 56.4 Å². The number of nitrogens with zero attached hydrogens (tertiary/aromatic N) is 3. The van der Waals surface area contributed by atoms with Crippen molar-refractivity contribution in [2.45, 2.75) is 0 Å². The van der Waals surface area contributed by atoms with Crippen molar-refractivity contribution in [1.29, 1.82) is 0 Å². The van der Waals surface area contributed by atoms with Crippen LogP contribution in [0.2, 0.25) is 0 Å². The van der Waals surface area contributed by atoms with Crippen molar-refractivity contribution in [1.82, 2.24) is 15.0 Å². The average molecular weight is 552 g/mol. The van der Waals surface area contributed by atoms with Crippen molar-refractivity contribution in [2.75, 3.05) is 0 Å². The van der Waals surface area contributed by atoms with Crippen LogP contribution in [0.25, 0.3) is 56.4 Å². The first-order valence-electron chi connectivity index (χ1n) is 12.5. The minimum absolute atomic E-state index is 0.643. The van der Waals surface area contributed by atoms with Gasteiger partial charge in [0.05, 0.1) is 0 Å². The molecule has 0 N–H and O–H groups in total. The molecule has 5 aromatic carbocycles. The molecule has 6 aromatic rings. The van der Waals surface area contributed by atoms with Crippen LogP contribution in [0.1, 0.15) is 0 Å². The summed E-state index contributed by atoms with van der Waals surface area (Å²) in [5.41, 5.74) is 8.52. The number of aromatic nitrogens is 3. The Labute approximate surface area is 231 Å². The third kappa shape index (κ3) is 5.20. The summed E-state index contributed by atoms with van der Waals surface area (Å²) in [6.45, 7) is 0. The summed E-state index contributed by atoms with van der Waals surface area (Å²) in [6, 6.07) is 43.7. The van der Waals surface area contributed by atoms with E-state index < -0.39 is 0 Å². The molecule has 0 fully saturated rings. The molecule has 180 valence electrons. The first kappa shape index (κ1) is 24.0. The largest absolute Gasteiger partial charge is 0.208 e. The fourth-order valence-corrected chi connectivity index (χ4v) is 5.17. The van der Waals surface area contributed by atoms with Gasteiger partial charge < -0.3 is 0 Å². The van der Waals surface area contributed by atoms with Gasteiger partial charge in [0.15, 0.2) is 17.5 Å². The lowest BCUT2D eigenvalue weighted by Gasteiger charge is -2.11. The Balaban J connectivity index is 1.52. The van der Waals surface area contributed by atoms with E-state index in [0.717, 1.165) is 48.9 Å². The van der Waals surface area contributed by atoms with Gasteiger partial charge in [0.2, 0.25) is 0 Å². The van der Waals surface area contributed by atoms with E-state index in [1.165, 1.54) is 0 Å². The maximum absolute atomic E-state index is 4.98. The Morgan fingerprint density at radius 1 is 0.395 bits per heavy atom. The van der Waals surface area contributed by atoms with Crippen molar-refractivity contribution >= 4 is 29.2 Å². The normalized spacial score (nSPS) is 10.9. The van der Waals surface area contributed by atoms with Gasteiger partial charge in [0.25, 0.3) is 0 Å². The zero-order chi connectivity index (χ0) is 25.9. The van der Waals surface area contributed by atoms with E-state index in [9.17, 15) is 0 Å². The highest BCUT2D eigenvalue weighted by Crippen LogP contribution is 2.30. The predicted molar refractivity (Wildman–Crippen MR) is 163 cm³/mol. The Hall–Kier alpha value is -4.35. The monoisotopic (exact) mass is 551 g/mol. The van der Waals surface area contributed by atoms with E-state index in [1.54, 1.807) is 0 Å². The average Bonchev–Trinajstić information content (AvgIpc) is 2.97. The van der Waals surface area contributed by atoms with E-state index in [4.69, 9.17) is 15.0 Å². The molecular weight excluding hydrogens is 529 g/mol. The summed E-state index contributed by atoms with van der Waals surface area (Å²) in [4.78, 5) is 14.9. The highest BCUT2D eigenvalue weighted by molar-refractivity contribution is 9.10. The van der Waals surface area contributed by atoms with Crippen LogP contribution in [0.4, 0.5) is 0 Å². The molecule has 0 amide bonds. The molecule has 0 saturated heterocycles. The molecule has 0 bridgehead atoms. The number of hydrogen-bond acceptors (Lipinski definition) is 3. The fraction of sp³-hybridized carbons (Fsp3) is 0. The maximum atomic E-state index is 4.98. The quantitative estimate of drug-likeness (QED) is 0.212. The molecule has 0 aliphatic rings. The van der Waals surface area contributed by atoms with Crippen LogP contribution >= 0.6 is 15.9 Å². The second kappa shape index (κ2) is 10.6. The molecule has 0 spiro atoms. The standard InChI is InChI=1S/C33H23BBrN3/c34-29-19-28(20-30(35)21-29)33-37-31(26-15-7-13-24(17-26)22-9-3-1-4-10-22)36-32(38-33)27-16-8-14-25(18-27)23-11-5-2-6-12-23/h1-21H,34H2. The lowest BCUT2D eigenvalue weighted by molar-refractivity contribution is 1.07. The summed E-state index contributed by atoms with van der Waals surface area (Å²) in [6.07, 6.45) is 0. The fourth-order valence-electron chi connectivity index (χ4n) is 4.57. The van der Waals surface area contributed by atoms with Crippen molar-refractivity contribution in [2.24, 2.45) is 0 Å². The Bertz CT molecular complexity index is 1620. The van der Waals surface area contributed by atoms with Gasteiger partial charge in [-0.3, -0.25) is 0 Å². The SMILES string of the molecule is Bc1cc(Br)cc(-c2nc(-c3cccc(-c4ccccc4)c3)nc(-c3cccc(-c4ccccc4)c3)n2)c1. The van der Waals surface area contributed by atoms with Crippen LogP contribution in [0.5, 0.6) is 0 Å². The molecule has 0 unspecified atom stereocenters. The Kier molecular flexibility index (Phi) is 6.68. The first-order chi connectivity index (χ1) is 18.6. The molecule has 0 atom stereocenters. The summed E-state index contributed by atoms with van der Waals surface area (Å²) in [5, 5.41) is 0. The number of hydrogen-bond donors (Lipinski definition) is 0. The van der Waals surface area contributed by atoms with Gasteiger partial charge in [0.1, 0.15) is 7.85 Å². The van der Waals surface area contributed by atoms with E-state index in [-0.39, 0.29) is 0 Å². The summed E-state index contributed by atoms with van der Waals surface area (Å²) in [5.74, 6) is 1.93. The molecule has 0 aliphatic heterocycles. The van der Waals surface area contributed by atoms with Crippen LogP contribution in [-0.2, 0) is 0 Å². The topological polar surface area (TPSA) is 38.7 Å². The molecule has 1 heterocycles. The molecule has 6 rings (SSSR count). The maximum Gasteiger partial charge on any atom is 0.164 e. The summed E-state index contributed by atoms with van der Waals surface area (Å²) >= 11 is 3.64. The van der Waals surface area contributed by atoms with Crippen LogP contribution in [0.15, 0.2) is 132 Å². The molecule has 0 saturated carbocycles. The van der Waals surface area contributed by atoms with Gasteiger partial charge in [-0.2, -0.15) is 0 Å². The predicted octanol–water partition coefficient (Wildman–Crippen LogP) is 7.23. The van der Waals surface area contributed by atoms with Crippen LogP contribution in [-0.4, -0.2) is 22.8 Å². The minimum Gasteiger partial charge on any atom is -0.208 e. The highest BCUT2D eigenvalue weighted by Gasteiger charge is 2.14. The smallest absolute Gasteiger partial charge is 0.164 e. The molecule has 38 heavy (non-hydrogen) atoms. The number of benzene rings is 5. The molecule has 5 heteroatoms. The zero-order valence-corrected chi connectivity index (χ0v) is 22.4. The van der Waals surface area contributed by atoms with Crippen LogP contribution in [0, 0.1) is 0 Å². The van der Waals surface area contributed by atoms with Gasteiger partial charge in [-0.15, -0.1) is 0 Å². The van der Waals surface area contributed by atoms with Gasteiger partial charge in [-0.05, 0) is 40.5 Å². The summed E-state index contributed by atoms with van der Waals surface area (Å²) < 4.78 is 0.994. The molecule has 3 nitrogen and oxygen atoms in total. The zero-order valence-electron chi connectivity index (χ0n) is 20.8. The van der Waals surface area contributed by atoms with E-state index in [0.29, 0.717) is 17.5 Å². The highest BCUT2D eigenvalue weighted by atomic mass is 79.9. The first-order valence-corrected chi connectivity index (χ1v) is 13.3. The minimum atomic E-state index is 0.643. The summed E-state index contributed by atoms with van der Waals surface area (Å²) in [7, 11) is 2.07. The van der Waals surface area contributed by atoms with Gasteiger partial charge >= 0.3 is 0 Å². The van der Waals surface area contributed by atoms with E-state index in [1.807, 2.05) is 12.1 Å². The van der Waals surface area contributed by atoms with Crippen LogP contribution in [0.3, 0.4) is 0 Å². The van der Waals surface area contributed by atoms with Crippen LogP contribution < -0.4 is 5.46 Å². The second-order valence-corrected chi connectivity index (χ2v) is 10.1.